The summed E-state index contributed by atoms with van der Waals surface area (Å²) in [6.45, 7) is 4.01. The van der Waals surface area contributed by atoms with Gasteiger partial charge >= 0.3 is 6.18 Å². The maximum Gasteiger partial charge on any atom is 0.416 e. The number of allylic oxidation sites excluding steroid dienone is 1. The van der Waals surface area contributed by atoms with Crippen LogP contribution in [0.4, 0.5) is 18.9 Å². The summed E-state index contributed by atoms with van der Waals surface area (Å²) in [5.41, 5.74) is 3.72. The van der Waals surface area contributed by atoms with E-state index in [4.69, 9.17) is 0 Å². The lowest BCUT2D eigenvalue weighted by Crippen LogP contribution is -2.05. The molecule has 1 N–H and O–H groups in total. The topological polar surface area (TPSA) is 48.7 Å². The normalized spacial score (nSPS) is 11.9. The summed E-state index contributed by atoms with van der Waals surface area (Å²) >= 11 is 1.31. The van der Waals surface area contributed by atoms with Crippen molar-refractivity contribution in [3.63, 3.8) is 0 Å². The highest BCUT2D eigenvalue weighted by Crippen LogP contribution is 2.31. The number of alkyl halides is 3. The van der Waals surface area contributed by atoms with E-state index in [0.717, 1.165) is 34.5 Å². The highest BCUT2D eigenvalue weighted by Gasteiger charge is 2.30. The summed E-state index contributed by atoms with van der Waals surface area (Å²) in [6, 6.07) is 12.9. The van der Waals surface area contributed by atoms with Gasteiger partial charge in [0.25, 0.3) is 0 Å². The summed E-state index contributed by atoms with van der Waals surface area (Å²) in [4.78, 5) is 4.52. The van der Waals surface area contributed by atoms with Crippen LogP contribution < -0.4 is 5.32 Å². The van der Waals surface area contributed by atoms with Gasteiger partial charge in [-0.15, -0.1) is 11.3 Å². The summed E-state index contributed by atoms with van der Waals surface area (Å²) in [5.74, 6) is 0. The zero-order valence-corrected chi connectivity index (χ0v) is 15.9. The average Bonchev–Trinajstić information content (AvgIpc) is 3.11. The number of benzene rings is 2. The predicted octanol–water partition coefficient (Wildman–Crippen LogP) is 6.42. The van der Waals surface area contributed by atoms with Crippen molar-refractivity contribution in [3.8, 4) is 17.3 Å². The van der Waals surface area contributed by atoms with Gasteiger partial charge in [0.1, 0.15) is 16.6 Å². The van der Waals surface area contributed by atoms with Gasteiger partial charge in [0.15, 0.2) is 0 Å². The third kappa shape index (κ3) is 4.41. The summed E-state index contributed by atoms with van der Waals surface area (Å²) in [7, 11) is 0. The number of anilines is 1. The Morgan fingerprint density at radius 2 is 1.96 bits per heavy atom. The molecule has 0 aliphatic carbocycles. The summed E-state index contributed by atoms with van der Waals surface area (Å²) < 4.78 is 38.4. The van der Waals surface area contributed by atoms with E-state index in [9.17, 15) is 18.4 Å². The lowest BCUT2D eigenvalue weighted by atomic mass is 10.0. The van der Waals surface area contributed by atoms with Crippen molar-refractivity contribution in [2.45, 2.75) is 20.0 Å². The highest BCUT2D eigenvalue weighted by atomic mass is 32.1. The molecule has 0 unspecified atom stereocenters. The third-order valence-corrected chi connectivity index (χ3v) is 4.96. The maximum atomic E-state index is 12.8. The Morgan fingerprint density at radius 3 is 2.64 bits per heavy atom. The molecule has 0 spiro atoms. The van der Waals surface area contributed by atoms with E-state index < -0.39 is 11.7 Å². The molecule has 3 nitrogen and oxygen atoms in total. The van der Waals surface area contributed by atoms with Gasteiger partial charge in [0.2, 0.25) is 0 Å². The lowest BCUT2D eigenvalue weighted by molar-refractivity contribution is -0.137. The molecule has 0 saturated carbocycles. The monoisotopic (exact) mass is 399 g/mol. The molecule has 1 aromatic heterocycles. The first-order chi connectivity index (χ1) is 13.3. The van der Waals surface area contributed by atoms with E-state index in [1.54, 1.807) is 0 Å². The van der Waals surface area contributed by atoms with Crippen LogP contribution >= 0.6 is 11.3 Å². The lowest BCUT2D eigenvalue weighted by Gasteiger charge is -2.08. The number of aryl methyl sites for hydroxylation is 2. The number of halogens is 3. The Bertz CT molecular complexity index is 1070. The second kappa shape index (κ2) is 7.87. The molecule has 0 atom stereocenters. The largest absolute Gasteiger partial charge is 0.416 e. The number of nitrogens with one attached hydrogen (secondary N) is 1. The van der Waals surface area contributed by atoms with E-state index >= 15 is 0 Å². The first kappa shape index (κ1) is 19.6. The Hall–Kier alpha value is -3.11. The van der Waals surface area contributed by atoms with Crippen molar-refractivity contribution >= 4 is 22.6 Å². The van der Waals surface area contributed by atoms with Crippen LogP contribution in [0.2, 0.25) is 0 Å². The number of aromatic nitrogens is 1. The van der Waals surface area contributed by atoms with Crippen molar-refractivity contribution < 1.29 is 13.2 Å². The highest BCUT2D eigenvalue weighted by molar-refractivity contribution is 7.11. The summed E-state index contributed by atoms with van der Waals surface area (Å²) in [6.07, 6.45) is -3.05. The molecule has 28 heavy (non-hydrogen) atoms. The quantitative estimate of drug-likeness (QED) is 0.515. The fraction of sp³-hybridized carbons (Fsp3) is 0.143. The summed E-state index contributed by atoms with van der Waals surface area (Å²) in [5, 5.41) is 14.6. The third-order valence-electron chi connectivity index (χ3n) is 4.09. The smallest absolute Gasteiger partial charge is 0.360 e. The molecule has 0 bridgehead atoms. The molecule has 7 heteroatoms. The fourth-order valence-corrected chi connectivity index (χ4v) is 3.49. The number of hydrogen-bond acceptors (Lipinski definition) is 4. The van der Waals surface area contributed by atoms with Crippen molar-refractivity contribution in [2.24, 2.45) is 0 Å². The van der Waals surface area contributed by atoms with Crippen LogP contribution in [0.25, 0.3) is 16.8 Å². The maximum absolute atomic E-state index is 12.8. The zero-order chi connectivity index (χ0) is 20.3. The van der Waals surface area contributed by atoms with E-state index in [0.29, 0.717) is 5.01 Å². The van der Waals surface area contributed by atoms with Crippen LogP contribution in [0.5, 0.6) is 0 Å². The van der Waals surface area contributed by atoms with Gasteiger partial charge in [-0.25, -0.2) is 4.98 Å². The van der Waals surface area contributed by atoms with Gasteiger partial charge in [-0.3, -0.25) is 0 Å². The van der Waals surface area contributed by atoms with Gasteiger partial charge in [-0.05, 0) is 37.6 Å². The first-order valence-electron chi connectivity index (χ1n) is 8.35. The number of nitrogens with zero attached hydrogens (tertiary/aromatic N) is 2. The molecule has 3 aromatic rings. The molecule has 0 amide bonds. The first-order valence-corrected chi connectivity index (χ1v) is 9.23. The number of hydrogen-bond donors (Lipinski definition) is 1. The predicted molar refractivity (Wildman–Crippen MR) is 106 cm³/mol. The number of nitriles is 1. The second-order valence-electron chi connectivity index (χ2n) is 6.25. The SMILES string of the molecule is Cc1ccc(-c2csc(C(C#N)=CNc3cccc(C(F)(F)F)c3)n2)c(C)c1. The van der Waals surface area contributed by atoms with E-state index in [2.05, 4.69) is 16.4 Å². The van der Waals surface area contributed by atoms with Gasteiger partial charge in [-0.2, -0.15) is 18.4 Å². The van der Waals surface area contributed by atoms with Crippen molar-refractivity contribution in [1.29, 1.82) is 5.26 Å². The Labute approximate surface area is 164 Å². The molecule has 0 aliphatic rings. The van der Waals surface area contributed by atoms with Crippen LogP contribution in [0.1, 0.15) is 21.7 Å². The molecule has 142 valence electrons. The average molecular weight is 399 g/mol. The molecular weight excluding hydrogens is 383 g/mol. The molecule has 0 radical (unpaired) electrons. The fourth-order valence-electron chi connectivity index (χ4n) is 2.70. The minimum absolute atomic E-state index is 0.244. The Balaban J connectivity index is 1.85. The van der Waals surface area contributed by atoms with Gasteiger partial charge in [0, 0.05) is 22.8 Å². The van der Waals surface area contributed by atoms with Crippen LogP contribution in [-0.2, 0) is 6.18 Å². The van der Waals surface area contributed by atoms with E-state index in [-0.39, 0.29) is 11.3 Å². The van der Waals surface area contributed by atoms with Gasteiger partial charge in [0.05, 0.1) is 11.3 Å². The Morgan fingerprint density at radius 1 is 1.18 bits per heavy atom. The second-order valence-corrected chi connectivity index (χ2v) is 7.11. The zero-order valence-electron chi connectivity index (χ0n) is 15.1. The van der Waals surface area contributed by atoms with Crippen molar-refractivity contribution in [1.82, 2.24) is 4.98 Å². The molecule has 0 aliphatic heterocycles. The molecule has 0 fully saturated rings. The minimum atomic E-state index is -4.42. The van der Waals surface area contributed by atoms with E-state index in [1.165, 1.54) is 29.7 Å². The van der Waals surface area contributed by atoms with Crippen molar-refractivity contribution in [3.05, 3.63) is 75.7 Å². The minimum Gasteiger partial charge on any atom is -0.360 e. The standard InChI is InChI=1S/C21H16F3N3S/c1-13-6-7-18(14(2)8-13)19-12-28-20(27-19)15(10-25)11-26-17-5-3-4-16(9-17)21(22,23)24/h3-9,11-12,26H,1-2H3. The van der Waals surface area contributed by atoms with Gasteiger partial charge in [-0.1, -0.05) is 29.8 Å². The van der Waals surface area contributed by atoms with E-state index in [1.807, 2.05) is 37.4 Å². The molecule has 1 heterocycles. The molecule has 0 saturated heterocycles. The molecular formula is C21H16F3N3S. The Kier molecular flexibility index (Phi) is 5.52. The molecule has 3 rings (SSSR count). The van der Waals surface area contributed by atoms with Crippen LogP contribution in [0.15, 0.2) is 54.0 Å². The number of rotatable bonds is 4. The van der Waals surface area contributed by atoms with Crippen LogP contribution in [0.3, 0.4) is 0 Å². The number of thiazole rings is 1. The van der Waals surface area contributed by atoms with Crippen LogP contribution in [0, 0.1) is 25.2 Å². The molecule has 2 aromatic carbocycles. The van der Waals surface area contributed by atoms with Gasteiger partial charge < -0.3 is 5.32 Å². The van der Waals surface area contributed by atoms with Crippen molar-refractivity contribution in [2.75, 3.05) is 5.32 Å². The van der Waals surface area contributed by atoms with Crippen LogP contribution in [-0.4, -0.2) is 4.98 Å².